The maximum absolute atomic E-state index is 13.1. The normalized spacial score (nSPS) is 11.5. The van der Waals surface area contributed by atoms with Gasteiger partial charge in [0.2, 0.25) is 5.91 Å². The van der Waals surface area contributed by atoms with Crippen molar-refractivity contribution in [3.05, 3.63) is 30.1 Å². The molecular weight excluding hydrogens is 281 g/mol. The van der Waals surface area contributed by atoms with Crippen molar-refractivity contribution in [2.24, 2.45) is 5.73 Å². The fraction of sp³-hybridized carbons (Fsp3) is 0.308. The zero-order valence-electron chi connectivity index (χ0n) is 11.4. The highest BCUT2D eigenvalue weighted by molar-refractivity contribution is 5.94. The Labute approximate surface area is 120 Å². The van der Waals surface area contributed by atoms with Gasteiger partial charge in [-0.2, -0.15) is 0 Å². The van der Waals surface area contributed by atoms with Crippen LogP contribution in [0, 0.1) is 5.82 Å². The second-order valence-corrected chi connectivity index (χ2v) is 4.38. The van der Waals surface area contributed by atoms with Gasteiger partial charge in [0, 0.05) is 19.2 Å². The van der Waals surface area contributed by atoms with E-state index in [4.69, 9.17) is 10.8 Å². The lowest BCUT2D eigenvalue weighted by atomic mass is 10.1. The van der Waals surface area contributed by atoms with Gasteiger partial charge in [0.05, 0.1) is 0 Å². The van der Waals surface area contributed by atoms with Crippen LogP contribution < -0.4 is 16.0 Å². The Hall–Kier alpha value is -2.64. The van der Waals surface area contributed by atoms with E-state index in [-0.39, 0.29) is 18.5 Å². The van der Waals surface area contributed by atoms with E-state index < -0.39 is 29.8 Å². The Morgan fingerprint density at radius 2 is 2.10 bits per heavy atom. The molecule has 1 atom stereocenters. The van der Waals surface area contributed by atoms with Gasteiger partial charge in [-0.3, -0.25) is 9.69 Å². The first kappa shape index (κ1) is 16.4. The molecular formula is C13H16FN3O4. The van der Waals surface area contributed by atoms with Crippen LogP contribution >= 0.6 is 0 Å². The second kappa shape index (κ2) is 7.22. The number of aliphatic carboxylic acids is 1. The monoisotopic (exact) mass is 297 g/mol. The standard InChI is InChI=1S/C13H16FN3O4/c1-17(9-4-2-3-8(14)7-9)13(21)16-10(12(19)20)5-6-11(15)18/h2-4,7,10H,5-6H2,1H3,(H2,15,18)(H,16,21)(H,19,20)/t10-/m1/s1. The average Bonchev–Trinajstić information content (AvgIpc) is 2.41. The van der Waals surface area contributed by atoms with Crippen LogP contribution in [0.15, 0.2) is 24.3 Å². The van der Waals surface area contributed by atoms with Crippen molar-refractivity contribution in [3.63, 3.8) is 0 Å². The Bertz CT molecular complexity index is 550. The third kappa shape index (κ3) is 5.09. The van der Waals surface area contributed by atoms with Crippen molar-refractivity contribution >= 4 is 23.6 Å². The van der Waals surface area contributed by atoms with Crippen LogP contribution in [-0.2, 0) is 9.59 Å². The molecule has 0 saturated heterocycles. The summed E-state index contributed by atoms with van der Waals surface area (Å²) in [5, 5.41) is 11.2. The van der Waals surface area contributed by atoms with Gasteiger partial charge < -0.3 is 16.2 Å². The first-order valence-electron chi connectivity index (χ1n) is 6.12. The minimum Gasteiger partial charge on any atom is -0.480 e. The van der Waals surface area contributed by atoms with Gasteiger partial charge in [-0.25, -0.2) is 14.0 Å². The van der Waals surface area contributed by atoms with Crippen LogP contribution in [-0.4, -0.2) is 36.1 Å². The number of carboxylic acids is 1. The van der Waals surface area contributed by atoms with Gasteiger partial charge in [-0.1, -0.05) is 6.07 Å². The van der Waals surface area contributed by atoms with Gasteiger partial charge >= 0.3 is 12.0 Å². The van der Waals surface area contributed by atoms with Crippen molar-refractivity contribution in [2.75, 3.05) is 11.9 Å². The maximum Gasteiger partial charge on any atom is 0.326 e. The summed E-state index contributed by atoms with van der Waals surface area (Å²) < 4.78 is 13.1. The van der Waals surface area contributed by atoms with Crippen molar-refractivity contribution < 1.29 is 23.9 Å². The topological polar surface area (TPSA) is 113 Å². The molecule has 1 aromatic carbocycles. The molecule has 0 aliphatic carbocycles. The highest BCUT2D eigenvalue weighted by atomic mass is 19.1. The molecule has 0 aliphatic rings. The molecule has 0 radical (unpaired) electrons. The van der Waals surface area contributed by atoms with Crippen LogP contribution in [0.4, 0.5) is 14.9 Å². The second-order valence-electron chi connectivity index (χ2n) is 4.38. The predicted molar refractivity (Wildman–Crippen MR) is 73.2 cm³/mol. The molecule has 21 heavy (non-hydrogen) atoms. The summed E-state index contributed by atoms with van der Waals surface area (Å²) in [6.07, 6.45) is -0.283. The molecule has 0 aliphatic heterocycles. The average molecular weight is 297 g/mol. The number of carboxylic acid groups (broad SMARTS) is 1. The van der Waals surface area contributed by atoms with E-state index in [0.717, 1.165) is 11.0 Å². The zero-order valence-corrected chi connectivity index (χ0v) is 11.4. The Morgan fingerprint density at radius 1 is 1.43 bits per heavy atom. The molecule has 1 rings (SSSR count). The SMILES string of the molecule is CN(C(=O)N[C@H](CCC(N)=O)C(=O)O)c1cccc(F)c1. The van der Waals surface area contributed by atoms with E-state index >= 15 is 0 Å². The first-order valence-corrected chi connectivity index (χ1v) is 6.12. The number of rotatable bonds is 6. The molecule has 0 fully saturated rings. The van der Waals surface area contributed by atoms with Crippen LogP contribution in [0.3, 0.4) is 0 Å². The first-order chi connectivity index (χ1) is 9.81. The molecule has 3 amide bonds. The summed E-state index contributed by atoms with van der Waals surface area (Å²) in [4.78, 5) is 34.7. The van der Waals surface area contributed by atoms with Crippen LogP contribution in [0.25, 0.3) is 0 Å². The summed E-state index contributed by atoms with van der Waals surface area (Å²) in [5.41, 5.74) is 5.21. The number of anilines is 1. The Morgan fingerprint density at radius 3 is 2.62 bits per heavy atom. The number of carbonyl (C=O) groups excluding carboxylic acids is 2. The Kier molecular flexibility index (Phi) is 5.65. The minimum absolute atomic E-state index is 0.118. The third-order valence-electron chi connectivity index (χ3n) is 2.78. The van der Waals surface area contributed by atoms with Gasteiger partial charge in [0.15, 0.2) is 0 Å². The molecule has 7 nitrogen and oxygen atoms in total. The number of nitrogens with one attached hydrogen (secondary N) is 1. The number of urea groups is 1. The molecule has 0 aromatic heterocycles. The number of hydrogen-bond donors (Lipinski definition) is 3. The number of nitrogens with zero attached hydrogens (tertiary/aromatic N) is 1. The number of carbonyl (C=O) groups is 3. The van der Waals surface area contributed by atoms with Crippen LogP contribution in [0.5, 0.6) is 0 Å². The highest BCUT2D eigenvalue weighted by Gasteiger charge is 2.22. The van der Waals surface area contributed by atoms with E-state index in [1.54, 1.807) is 0 Å². The third-order valence-corrected chi connectivity index (χ3v) is 2.78. The summed E-state index contributed by atoms with van der Waals surface area (Å²) in [5.74, 6) is -2.46. The Balaban J connectivity index is 2.72. The molecule has 0 heterocycles. The minimum atomic E-state index is -1.28. The van der Waals surface area contributed by atoms with Crippen molar-refractivity contribution in [1.82, 2.24) is 5.32 Å². The largest absolute Gasteiger partial charge is 0.480 e. The van der Waals surface area contributed by atoms with Gasteiger partial charge in [0.25, 0.3) is 0 Å². The summed E-state index contributed by atoms with van der Waals surface area (Å²) >= 11 is 0. The number of halogens is 1. The smallest absolute Gasteiger partial charge is 0.326 e. The molecule has 4 N–H and O–H groups in total. The predicted octanol–water partition coefficient (Wildman–Crippen LogP) is 0.690. The molecule has 8 heteroatoms. The van der Waals surface area contributed by atoms with E-state index in [0.29, 0.717) is 0 Å². The van der Waals surface area contributed by atoms with E-state index in [1.807, 2.05) is 0 Å². The quantitative estimate of drug-likeness (QED) is 0.717. The number of primary amides is 1. The van der Waals surface area contributed by atoms with Crippen molar-refractivity contribution in [1.29, 1.82) is 0 Å². The lowest BCUT2D eigenvalue weighted by Crippen LogP contribution is -2.47. The molecule has 0 spiro atoms. The molecule has 1 aromatic rings. The van der Waals surface area contributed by atoms with E-state index in [2.05, 4.69) is 5.32 Å². The molecule has 0 unspecified atom stereocenters. The van der Waals surface area contributed by atoms with Crippen molar-refractivity contribution in [2.45, 2.75) is 18.9 Å². The van der Waals surface area contributed by atoms with Crippen LogP contribution in [0.2, 0.25) is 0 Å². The summed E-state index contributed by atoms with van der Waals surface area (Å²) in [7, 11) is 1.37. The zero-order chi connectivity index (χ0) is 16.0. The summed E-state index contributed by atoms with van der Waals surface area (Å²) in [6.45, 7) is 0. The maximum atomic E-state index is 13.1. The molecule has 0 saturated carbocycles. The summed E-state index contributed by atoms with van der Waals surface area (Å²) in [6, 6.07) is 3.32. The number of benzene rings is 1. The number of amides is 3. The fourth-order valence-corrected chi connectivity index (χ4v) is 1.59. The highest BCUT2D eigenvalue weighted by Crippen LogP contribution is 2.14. The van der Waals surface area contributed by atoms with Crippen LogP contribution in [0.1, 0.15) is 12.8 Å². The lowest BCUT2D eigenvalue weighted by Gasteiger charge is -2.21. The van der Waals surface area contributed by atoms with Crippen molar-refractivity contribution in [3.8, 4) is 0 Å². The van der Waals surface area contributed by atoms with Gasteiger partial charge in [-0.15, -0.1) is 0 Å². The van der Waals surface area contributed by atoms with Gasteiger partial charge in [0.1, 0.15) is 11.9 Å². The van der Waals surface area contributed by atoms with Gasteiger partial charge in [-0.05, 0) is 24.6 Å². The lowest BCUT2D eigenvalue weighted by molar-refractivity contribution is -0.139. The number of hydrogen-bond acceptors (Lipinski definition) is 3. The number of nitrogens with two attached hydrogens (primary N) is 1. The van der Waals surface area contributed by atoms with E-state index in [1.165, 1.54) is 25.2 Å². The fourth-order valence-electron chi connectivity index (χ4n) is 1.59. The molecule has 114 valence electrons. The molecule has 0 bridgehead atoms. The van der Waals surface area contributed by atoms with E-state index in [9.17, 15) is 18.8 Å².